The number of amides is 2. The molecule has 6 nitrogen and oxygen atoms in total. The zero-order valence-electron chi connectivity index (χ0n) is 14.7. The van der Waals surface area contributed by atoms with E-state index in [0.717, 1.165) is 29.3 Å². The fourth-order valence-electron chi connectivity index (χ4n) is 3.31. The highest BCUT2D eigenvalue weighted by molar-refractivity contribution is 7.20. The van der Waals surface area contributed by atoms with Gasteiger partial charge >= 0.3 is 5.97 Å². The number of carboxylic acid groups (broad SMARTS) is 1. The van der Waals surface area contributed by atoms with Gasteiger partial charge in [0.1, 0.15) is 10.9 Å². The molecule has 1 saturated heterocycles. The number of carboxylic acids is 1. The number of carbonyl (C=O) groups excluding carboxylic acids is 2. The van der Waals surface area contributed by atoms with E-state index in [1.54, 1.807) is 23.1 Å². The molecule has 2 heterocycles. The summed E-state index contributed by atoms with van der Waals surface area (Å²) in [4.78, 5) is 38.1. The molecule has 26 heavy (non-hydrogen) atoms. The molecule has 2 N–H and O–H groups in total. The molecule has 1 aliphatic heterocycles. The first-order valence-electron chi connectivity index (χ1n) is 8.87. The highest BCUT2D eigenvalue weighted by atomic mass is 32.1. The van der Waals surface area contributed by atoms with Gasteiger partial charge in [0.15, 0.2) is 0 Å². The van der Waals surface area contributed by atoms with E-state index in [-0.39, 0.29) is 16.7 Å². The summed E-state index contributed by atoms with van der Waals surface area (Å²) in [7, 11) is 0. The number of benzene rings is 1. The van der Waals surface area contributed by atoms with Crippen LogP contribution in [0.15, 0.2) is 24.3 Å². The van der Waals surface area contributed by atoms with Crippen LogP contribution >= 0.6 is 11.3 Å². The zero-order chi connectivity index (χ0) is 18.7. The van der Waals surface area contributed by atoms with Gasteiger partial charge in [-0.25, -0.2) is 4.79 Å². The summed E-state index contributed by atoms with van der Waals surface area (Å²) in [6, 6.07) is 6.52. The van der Waals surface area contributed by atoms with Crippen LogP contribution in [0.1, 0.15) is 48.7 Å². The van der Waals surface area contributed by atoms with Crippen LogP contribution in [0.25, 0.3) is 10.1 Å². The molecule has 3 rings (SSSR count). The van der Waals surface area contributed by atoms with Gasteiger partial charge in [0.2, 0.25) is 11.8 Å². The maximum absolute atomic E-state index is 12.7. The molecule has 1 aromatic carbocycles. The summed E-state index contributed by atoms with van der Waals surface area (Å²) in [5.41, 5.74) is 0.616. The Balaban J connectivity index is 1.76. The molecule has 0 aliphatic carbocycles. The number of likely N-dealkylation sites (tertiary alicyclic amines) is 1. The van der Waals surface area contributed by atoms with Crippen LogP contribution in [0, 0.1) is 0 Å². The Morgan fingerprint density at radius 1 is 1.27 bits per heavy atom. The molecule has 2 amide bonds. The summed E-state index contributed by atoms with van der Waals surface area (Å²) in [6.45, 7) is 2.58. The van der Waals surface area contributed by atoms with Gasteiger partial charge in [-0.1, -0.05) is 6.92 Å². The van der Waals surface area contributed by atoms with Crippen molar-refractivity contribution in [2.24, 2.45) is 0 Å². The van der Waals surface area contributed by atoms with E-state index in [1.807, 2.05) is 13.0 Å². The predicted molar refractivity (Wildman–Crippen MR) is 102 cm³/mol. The minimum absolute atomic E-state index is 0.0340. The number of thiophene rings is 1. The Hall–Kier alpha value is -2.41. The predicted octanol–water partition coefficient (Wildman–Crippen LogP) is 3.72. The Labute approximate surface area is 155 Å². The van der Waals surface area contributed by atoms with Crippen molar-refractivity contribution in [1.29, 1.82) is 0 Å². The number of hydrogen-bond acceptors (Lipinski definition) is 4. The number of hydrogen-bond donors (Lipinski definition) is 2. The Morgan fingerprint density at radius 2 is 2.08 bits per heavy atom. The molecule has 138 valence electrons. The van der Waals surface area contributed by atoms with Crippen molar-refractivity contribution in [3.05, 3.63) is 29.1 Å². The van der Waals surface area contributed by atoms with Gasteiger partial charge in [0.05, 0.1) is 0 Å². The second kappa shape index (κ2) is 7.86. The van der Waals surface area contributed by atoms with Gasteiger partial charge in [-0.3, -0.25) is 9.59 Å². The van der Waals surface area contributed by atoms with E-state index in [0.29, 0.717) is 25.1 Å². The van der Waals surface area contributed by atoms with E-state index in [2.05, 4.69) is 5.32 Å². The number of nitrogens with one attached hydrogen (secondary N) is 1. The summed E-state index contributed by atoms with van der Waals surface area (Å²) in [6.07, 6.45) is 3.76. The molecular formula is C19H22N2O4S. The molecular weight excluding hydrogens is 352 g/mol. The van der Waals surface area contributed by atoms with Crippen LogP contribution in [0.3, 0.4) is 0 Å². The second-order valence-electron chi connectivity index (χ2n) is 6.51. The normalized spacial score (nSPS) is 17.3. The highest BCUT2D eigenvalue weighted by Gasteiger charge is 2.31. The van der Waals surface area contributed by atoms with Gasteiger partial charge in [-0.05, 0) is 55.3 Å². The van der Waals surface area contributed by atoms with E-state index in [4.69, 9.17) is 5.11 Å². The van der Waals surface area contributed by atoms with Crippen LogP contribution < -0.4 is 5.32 Å². The second-order valence-corrected chi connectivity index (χ2v) is 7.59. The summed E-state index contributed by atoms with van der Waals surface area (Å²) < 4.78 is 0.859. The SMILES string of the molecule is CCCC(=O)N1CCCCC1C(=O)Nc1ccc2sc(C(=O)O)cc2c1. The van der Waals surface area contributed by atoms with E-state index in [1.165, 1.54) is 11.3 Å². The van der Waals surface area contributed by atoms with Crippen molar-refractivity contribution in [3.63, 3.8) is 0 Å². The Morgan fingerprint density at radius 3 is 2.81 bits per heavy atom. The van der Waals surface area contributed by atoms with Crippen LogP contribution in [-0.2, 0) is 9.59 Å². The third kappa shape index (κ3) is 3.88. The number of fused-ring (bicyclic) bond motifs is 1. The Kier molecular flexibility index (Phi) is 5.56. The highest BCUT2D eigenvalue weighted by Crippen LogP contribution is 2.28. The number of aromatic carboxylic acids is 1. The van der Waals surface area contributed by atoms with E-state index < -0.39 is 12.0 Å². The first-order valence-corrected chi connectivity index (χ1v) is 9.68. The molecule has 1 aromatic heterocycles. The van der Waals surface area contributed by atoms with Gasteiger partial charge in [-0.15, -0.1) is 11.3 Å². The molecule has 0 radical (unpaired) electrons. The maximum atomic E-state index is 12.7. The summed E-state index contributed by atoms with van der Waals surface area (Å²) in [5, 5.41) is 12.8. The molecule has 1 unspecified atom stereocenters. The van der Waals surface area contributed by atoms with E-state index in [9.17, 15) is 14.4 Å². The minimum Gasteiger partial charge on any atom is -0.477 e. The van der Waals surface area contributed by atoms with Gasteiger partial charge in [0.25, 0.3) is 0 Å². The molecule has 7 heteroatoms. The van der Waals surface area contributed by atoms with Crippen molar-refractivity contribution in [2.75, 3.05) is 11.9 Å². The lowest BCUT2D eigenvalue weighted by molar-refractivity contribution is -0.140. The number of rotatable bonds is 5. The third-order valence-electron chi connectivity index (χ3n) is 4.58. The molecule has 0 bridgehead atoms. The fourth-order valence-corrected chi connectivity index (χ4v) is 4.19. The Bertz CT molecular complexity index is 845. The quantitative estimate of drug-likeness (QED) is 0.835. The standard InChI is InChI=1S/C19H22N2O4S/c1-2-5-17(22)21-9-4-3-6-14(21)18(23)20-13-7-8-15-12(10-13)11-16(26-15)19(24)25/h7-8,10-11,14H,2-6,9H2,1H3,(H,20,23)(H,24,25). The summed E-state index contributed by atoms with van der Waals surface area (Å²) in [5.74, 6) is -1.10. The largest absolute Gasteiger partial charge is 0.477 e. The van der Waals surface area contributed by atoms with Crippen LogP contribution in [0.5, 0.6) is 0 Å². The van der Waals surface area contributed by atoms with Crippen molar-refractivity contribution < 1.29 is 19.5 Å². The first-order chi connectivity index (χ1) is 12.5. The summed E-state index contributed by atoms with van der Waals surface area (Å²) >= 11 is 1.21. The average Bonchev–Trinajstić information content (AvgIpc) is 3.05. The zero-order valence-corrected chi connectivity index (χ0v) is 15.5. The monoisotopic (exact) mass is 374 g/mol. The lowest BCUT2D eigenvalue weighted by Gasteiger charge is -2.34. The van der Waals surface area contributed by atoms with Crippen molar-refractivity contribution in [3.8, 4) is 0 Å². The third-order valence-corrected chi connectivity index (χ3v) is 5.69. The molecule has 1 atom stereocenters. The van der Waals surface area contributed by atoms with Crippen molar-refractivity contribution in [2.45, 2.75) is 45.1 Å². The molecule has 0 spiro atoms. The number of piperidine rings is 1. The van der Waals surface area contributed by atoms with Gasteiger partial charge in [-0.2, -0.15) is 0 Å². The first kappa shape index (κ1) is 18.4. The molecule has 1 aliphatic rings. The molecule has 2 aromatic rings. The van der Waals surface area contributed by atoms with E-state index >= 15 is 0 Å². The fraction of sp³-hybridized carbons (Fsp3) is 0.421. The van der Waals surface area contributed by atoms with Crippen molar-refractivity contribution >= 4 is 44.9 Å². The average molecular weight is 374 g/mol. The van der Waals surface area contributed by atoms with Crippen LogP contribution in [-0.4, -0.2) is 40.4 Å². The minimum atomic E-state index is -0.955. The number of carbonyl (C=O) groups is 3. The lowest BCUT2D eigenvalue weighted by Crippen LogP contribution is -2.49. The number of nitrogens with zero attached hydrogens (tertiary/aromatic N) is 1. The topological polar surface area (TPSA) is 86.7 Å². The smallest absolute Gasteiger partial charge is 0.345 e. The molecule has 0 saturated carbocycles. The van der Waals surface area contributed by atoms with Gasteiger partial charge < -0.3 is 15.3 Å². The van der Waals surface area contributed by atoms with Crippen LogP contribution in [0.4, 0.5) is 5.69 Å². The van der Waals surface area contributed by atoms with Gasteiger partial charge in [0, 0.05) is 23.4 Å². The lowest BCUT2D eigenvalue weighted by atomic mass is 10.0. The maximum Gasteiger partial charge on any atom is 0.345 e. The van der Waals surface area contributed by atoms with Crippen LogP contribution in [0.2, 0.25) is 0 Å². The molecule has 1 fully saturated rings. The van der Waals surface area contributed by atoms with Crippen molar-refractivity contribution in [1.82, 2.24) is 4.90 Å². The number of anilines is 1.